The van der Waals surface area contributed by atoms with Gasteiger partial charge in [0.2, 0.25) is 0 Å². The molecule has 0 aliphatic rings. The van der Waals surface area contributed by atoms with Gasteiger partial charge in [-0.2, -0.15) is 0 Å². The molecule has 0 radical (unpaired) electrons. The lowest BCUT2D eigenvalue weighted by Crippen LogP contribution is -2.09. The summed E-state index contributed by atoms with van der Waals surface area (Å²) in [6.45, 7) is 0.790. The number of hydrogen-bond donors (Lipinski definition) is 0. The predicted molar refractivity (Wildman–Crippen MR) is 41.6 cm³/mol. The zero-order chi connectivity index (χ0) is 7.56. The Bertz CT molecular complexity index is 209. The summed E-state index contributed by atoms with van der Waals surface area (Å²) in [5, 5.41) is 3.68. The molecule has 1 aromatic heterocycles. The van der Waals surface area contributed by atoms with Crippen molar-refractivity contribution in [2.45, 2.75) is 6.54 Å². The van der Waals surface area contributed by atoms with E-state index in [0.29, 0.717) is 0 Å². The highest BCUT2D eigenvalue weighted by atomic mass is 79.9. The molecule has 0 bridgehead atoms. The predicted octanol–water partition coefficient (Wildman–Crippen LogP) is 1.50. The summed E-state index contributed by atoms with van der Waals surface area (Å²) < 4.78 is 5.69. The molecule has 10 heavy (non-hydrogen) atoms. The number of nitrogens with zero attached hydrogens (tertiary/aromatic N) is 2. The molecular weight excluding hydrogens is 196 g/mol. The molecular formula is C6H9BrN2O. The first-order valence-electron chi connectivity index (χ1n) is 2.94. The molecule has 0 fully saturated rings. The smallest absolute Gasteiger partial charge is 0.151 e. The lowest BCUT2D eigenvalue weighted by molar-refractivity contribution is 0.308. The van der Waals surface area contributed by atoms with Crippen molar-refractivity contribution in [3.8, 4) is 0 Å². The Kier molecular flexibility index (Phi) is 2.45. The Morgan fingerprint density at radius 3 is 2.80 bits per heavy atom. The van der Waals surface area contributed by atoms with Crippen LogP contribution in [-0.2, 0) is 6.54 Å². The minimum absolute atomic E-state index is 0.754. The van der Waals surface area contributed by atoms with Crippen molar-refractivity contribution in [1.82, 2.24) is 10.1 Å². The fourth-order valence-electron chi connectivity index (χ4n) is 0.674. The van der Waals surface area contributed by atoms with E-state index in [1.54, 1.807) is 0 Å². The molecule has 1 heterocycles. The Balaban J connectivity index is 2.58. The third-order valence-electron chi connectivity index (χ3n) is 1.00. The lowest BCUT2D eigenvalue weighted by atomic mass is 10.4. The second-order valence-electron chi connectivity index (χ2n) is 2.35. The van der Waals surface area contributed by atoms with Crippen LogP contribution in [-0.4, -0.2) is 24.2 Å². The van der Waals surface area contributed by atoms with Crippen molar-refractivity contribution in [3.05, 3.63) is 16.4 Å². The Hall–Kier alpha value is -0.350. The van der Waals surface area contributed by atoms with Crippen LogP contribution >= 0.6 is 15.9 Å². The van der Waals surface area contributed by atoms with Crippen LogP contribution in [0.1, 0.15) is 5.76 Å². The quantitative estimate of drug-likeness (QED) is 0.732. The third-order valence-corrected chi connectivity index (χ3v) is 1.38. The van der Waals surface area contributed by atoms with E-state index in [2.05, 4.69) is 21.1 Å². The first-order chi connectivity index (χ1) is 4.68. The molecule has 1 aromatic rings. The van der Waals surface area contributed by atoms with Gasteiger partial charge >= 0.3 is 0 Å². The summed E-state index contributed by atoms with van der Waals surface area (Å²) in [6, 6.07) is 1.86. The van der Waals surface area contributed by atoms with Crippen molar-refractivity contribution in [3.63, 3.8) is 0 Å². The maximum atomic E-state index is 4.94. The molecule has 0 spiro atoms. The van der Waals surface area contributed by atoms with Gasteiger partial charge in [0.1, 0.15) is 4.60 Å². The van der Waals surface area contributed by atoms with Crippen LogP contribution < -0.4 is 0 Å². The van der Waals surface area contributed by atoms with Gasteiger partial charge in [-0.15, -0.1) is 0 Å². The van der Waals surface area contributed by atoms with Gasteiger partial charge in [0, 0.05) is 6.07 Å². The van der Waals surface area contributed by atoms with Crippen LogP contribution in [0, 0.1) is 0 Å². The average molecular weight is 205 g/mol. The molecule has 0 saturated carbocycles. The van der Waals surface area contributed by atoms with E-state index in [1.165, 1.54) is 0 Å². The zero-order valence-corrected chi connectivity index (χ0v) is 7.55. The standard InChI is InChI=1S/C6H9BrN2O/c1-9(2)4-5-3-6(7)8-10-5/h3H,4H2,1-2H3. The fraction of sp³-hybridized carbons (Fsp3) is 0.500. The average Bonchev–Trinajstić information content (AvgIpc) is 2.13. The minimum Gasteiger partial charge on any atom is -0.359 e. The van der Waals surface area contributed by atoms with Crippen LogP contribution in [0.4, 0.5) is 0 Å². The van der Waals surface area contributed by atoms with Crippen LogP contribution in [0.3, 0.4) is 0 Å². The van der Waals surface area contributed by atoms with Crippen LogP contribution in [0.25, 0.3) is 0 Å². The zero-order valence-electron chi connectivity index (χ0n) is 5.97. The molecule has 4 heteroatoms. The number of aromatic nitrogens is 1. The molecule has 0 aliphatic carbocycles. The first kappa shape index (κ1) is 7.75. The van der Waals surface area contributed by atoms with Crippen LogP contribution in [0.2, 0.25) is 0 Å². The third kappa shape index (κ3) is 2.11. The van der Waals surface area contributed by atoms with E-state index in [0.717, 1.165) is 16.9 Å². The highest BCUT2D eigenvalue weighted by molar-refractivity contribution is 9.10. The summed E-state index contributed by atoms with van der Waals surface area (Å²) >= 11 is 3.20. The SMILES string of the molecule is CN(C)Cc1cc(Br)no1. The number of rotatable bonds is 2. The van der Waals surface area contributed by atoms with Gasteiger partial charge in [0.25, 0.3) is 0 Å². The monoisotopic (exact) mass is 204 g/mol. The van der Waals surface area contributed by atoms with Crippen molar-refractivity contribution in [2.24, 2.45) is 0 Å². The summed E-state index contributed by atoms with van der Waals surface area (Å²) in [7, 11) is 3.97. The normalized spacial score (nSPS) is 10.8. The number of hydrogen-bond acceptors (Lipinski definition) is 3. The van der Waals surface area contributed by atoms with Crippen molar-refractivity contribution in [1.29, 1.82) is 0 Å². The second kappa shape index (κ2) is 3.16. The van der Waals surface area contributed by atoms with Gasteiger partial charge in [-0.3, -0.25) is 0 Å². The highest BCUT2D eigenvalue weighted by Gasteiger charge is 2.01. The van der Waals surface area contributed by atoms with Gasteiger partial charge in [-0.05, 0) is 30.0 Å². The maximum absolute atomic E-state index is 4.94. The lowest BCUT2D eigenvalue weighted by Gasteiger charge is -2.03. The molecule has 0 N–H and O–H groups in total. The van der Waals surface area contributed by atoms with E-state index in [-0.39, 0.29) is 0 Å². The largest absolute Gasteiger partial charge is 0.359 e. The minimum atomic E-state index is 0.754. The summed E-state index contributed by atoms with van der Waals surface area (Å²) in [6.07, 6.45) is 0. The second-order valence-corrected chi connectivity index (χ2v) is 3.17. The van der Waals surface area contributed by atoms with Gasteiger partial charge < -0.3 is 9.42 Å². The summed E-state index contributed by atoms with van der Waals surface area (Å²) in [4.78, 5) is 2.02. The molecule has 56 valence electrons. The van der Waals surface area contributed by atoms with E-state index in [1.807, 2.05) is 25.1 Å². The van der Waals surface area contributed by atoms with Crippen LogP contribution in [0.5, 0.6) is 0 Å². The molecule has 3 nitrogen and oxygen atoms in total. The Labute approximate surface area is 68.1 Å². The molecule has 0 atom stereocenters. The van der Waals surface area contributed by atoms with Crippen molar-refractivity contribution < 1.29 is 4.52 Å². The van der Waals surface area contributed by atoms with E-state index in [4.69, 9.17) is 4.52 Å². The van der Waals surface area contributed by atoms with Crippen molar-refractivity contribution in [2.75, 3.05) is 14.1 Å². The van der Waals surface area contributed by atoms with E-state index < -0.39 is 0 Å². The first-order valence-corrected chi connectivity index (χ1v) is 3.73. The summed E-state index contributed by atoms with van der Waals surface area (Å²) in [5.74, 6) is 0.872. The molecule has 1 rings (SSSR count). The Morgan fingerprint density at radius 2 is 2.40 bits per heavy atom. The molecule has 0 saturated heterocycles. The van der Waals surface area contributed by atoms with Crippen molar-refractivity contribution >= 4 is 15.9 Å². The van der Waals surface area contributed by atoms with Gasteiger partial charge in [-0.1, -0.05) is 5.16 Å². The number of halogens is 1. The molecule has 0 aromatic carbocycles. The molecule has 0 amide bonds. The summed E-state index contributed by atoms with van der Waals surface area (Å²) in [5.41, 5.74) is 0. The molecule has 0 aliphatic heterocycles. The topological polar surface area (TPSA) is 29.3 Å². The van der Waals surface area contributed by atoms with Crippen LogP contribution in [0.15, 0.2) is 15.2 Å². The van der Waals surface area contributed by atoms with E-state index in [9.17, 15) is 0 Å². The highest BCUT2D eigenvalue weighted by Crippen LogP contribution is 2.10. The van der Waals surface area contributed by atoms with Gasteiger partial charge in [0.15, 0.2) is 5.76 Å². The van der Waals surface area contributed by atoms with E-state index >= 15 is 0 Å². The van der Waals surface area contributed by atoms with Gasteiger partial charge in [-0.25, -0.2) is 0 Å². The van der Waals surface area contributed by atoms with Gasteiger partial charge in [0.05, 0.1) is 6.54 Å². The fourth-order valence-corrected chi connectivity index (χ4v) is 1.00. The molecule has 0 unspecified atom stereocenters. The Morgan fingerprint density at radius 1 is 1.70 bits per heavy atom. The maximum Gasteiger partial charge on any atom is 0.151 e.